The third-order valence-electron chi connectivity index (χ3n) is 8.60. The number of hydrogen-bond acceptors (Lipinski definition) is 1. The van der Waals surface area contributed by atoms with E-state index in [9.17, 15) is 0 Å². The SMILES string of the molecule is Cc1c(-c2ccc(N3c4ccccc4C4C=Cc5ccccc5C43)cc2)c2ccccc2c2ccccc12. The van der Waals surface area contributed by atoms with Gasteiger partial charge in [0, 0.05) is 17.3 Å². The van der Waals surface area contributed by atoms with Crippen LogP contribution in [0, 0.1) is 6.92 Å². The maximum atomic E-state index is 2.55. The Bertz CT molecular complexity index is 1890. The van der Waals surface area contributed by atoms with Crippen molar-refractivity contribution >= 4 is 39.0 Å². The van der Waals surface area contributed by atoms with E-state index < -0.39 is 0 Å². The first-order valence-corrected chi connectivity index (χ1v) is 13.5. The van der Waals surface area contributed by atoms with Crippen LogP contribution < -0.4 is 4.90 Å². The Balaban J connectivity index is 1.30. The van der Waals surface area contributed by atoms with E-state index in [0.717, 1.165) is 0 Å². The van der Waals surface area contributed by atoms with Gasteiger partial charge >= 0.3 is 0 Å². The van der Waals surface area contributed by atoms with Crippen LogP contribution in [0.5, 0.6) is 0 Å². The van der Waals surface area contributed by atoms with Crippen molar-refractivity contribution < 1.29 is 0 Å². The third-order valence-corrected chi connectivity index (χ3v) is 8.60. The molecule has 1 heterocycles. The van der Waals surface area contributed by atoms with Crippen LogP contribution in [0.25, 0.3) is 38.7 Å². The van der Waals surface area contributed by atoms with Crippen molar-refractivity contribution in [3.8, 4) is 11.1 Å². The summed E-state index contributed by atoms with van der Waals surface area (Å²) in [6.45, 7) is 2.27. The minimum absolute atomic E-state index is 0.266. The maximum Gasteiger partial charge on any atom is 0.0701 e. The van der Waals surface area contributed by atoms with Crippen molar-refractivity contribution in [2.75, 3.05) is 4.90 Å². The van der Waals surface area contributed by atoms with Gasteiger partial charge in [-0.05, 0) is 80.0 Å². The van der Waals surface area contributed by atoms with Gasteiger partial charge in [0.05, 0.1) is 6.04 Å². The van der Waals surface area contributed by atoms with Crippen LogP contribution in [0.3, 0.4) is 0 Å². The summed E-state index contributed by atoms with van der Waals surface area (Å²) in [5.41, 5.74) is 10.6. The zero-order valence-corrected chi connectivity index (χ0v) is 21.3. The summed E-state index contributed by atoms with van der Waals surface area (Å²) in [5.74, 6) is 0.354. The van der Waals surface area contributed by atoms with Gasteiger partial charge in [-0.2, -0.15) is 0 Å². The number of benzene rings is 6. The molecule has 0 saturated heterocycles. The zero-order chi connectivity index (χ0) is 25.2. The van der Waals surface area contributed by atoms with Gasteiger partial charge in [0.2, 0.25) is 0 Å². The van der Waals surface area contributed by atoms with E-state index in [1.807, 2.05) is 0 Å². The van der Waals surface area contributed by atoms with Crippen LogP contribution in [0.2, 0.25) is 0 Å². The van der Waals surface area contributed by atoms with Gasteiger partial charge in [-0.25, -0.2) is 0 Å². The summed E-state index contributed by atoms with van der Waals surface area (Å²) in [6, 6.07) is 44.9. The fourth-order valence-electron chi connectivity index (χ4n) is 6.93. The van der Waals surface area contributed by atoms with Crippen molar-refractivity contribution in [3.63, 3.8) is 0 Å². The average Bonchev–Trinajstić information content (AvgIpc) is 3.33. The highest BCUT2D eigenvalue weighted by Crippen LogP contribution is 2.55. The number of rotatable bonds is 2. The number of aryl methyl sites for hydroxylation is 1. The number of hydrogen-bond donors (Lipinski definition) is 0. The Morgan fingerprint density at radius 3 is 1.95 bits per heavy atom. The van der Waals surface area contributed by atoms with Gasteiger partial charge in [0.1, 0.15) is 0 Å². The topological polar surface area (TPSA) is 3.24 Å². The molecule has 1 aliphatic heterocycles. The van der Waals surface area contributed by atoms with Crippen molar-refractivity contribution in [1.29, 1.82) is 0 Å². The highest BCUT2D eigenvalue weighted by molar-refractivity contribution is 6.15. The van der Waals surface area contributed by atoms with Gasteiger partial charge in [0.25, 0.3) is 0 Å². The van der Waals surface area contributed by atoms with Crippen LogP contribution in [0.15, 0.2) is 127 Å². The van der Waals surface area contributed by atoms with Crippen LogP contribution >= 0.6 is 0 Å². The second kappa shape index (κ2) is 8.19. The summed E-state index contributed by atoms with van der Waals surface area (Å²) in [6.07, 6.45) is 4.69. The zero-order valence-electron chi connectivity index (χ0n) is 21.3. The second-order valence-corrected chi connectivity index (χ2v) is 10.5. The third kappa shape index (κ3) is 2.99. The molecule has 38 heavy (non-hydrogen) atoms. The molecule has 0 bridgehead atoms. The maximum absolute atomic E-state index is 2.55. The molecule has 1 aliphatic carbocycles. The fourth-order valence-corrected chi connectivity index (χ4v) is 6.93. The summed E-state index contributed by atoms with van der Waals surface area (Å²) in [5, 5.41) is 5.28. The van der Waals surface area contributed by atoms with E-state index >= 15 is 0 Å². The molecule has 2 atom stereocenters. The summed E-state index contributed by atoms with van der Waals surface area (Å²) in [4.78, 5) is 2.55. The van der Waals surface area contributed by atoms with Gasteiger partial charge < -0.3 is 4.90 Å². The highest BCUT2D eigenvalue weighted by Gasteiger charge is 2.41. The lowest BCUT2D eigenvalue weighted by Gasteiger charge is -2.33. The molecule has 8 rings (SSSR count). The molecule has 2 unspecified atom stereocenters. The molecule has 0 spiro atoms. The number of nitrogens with zero attached hydrogens (tertiary/aromatic N) is 1. The fraction of sp³-hybridized carbons (Fsp3) is 0.0811. The molecule has 0 amide bonds. The van der Waals surface area contributed by atoms with E-state index in [4.69, 9.17) is 0 Å². The normalized spacial score (nSPS) is 17.4. The van der Waals surface area contributed by atoms with Crippen molar-refractivity contribution in [1.82, 2.24) is 0 Å². The predicted molar refractivity (Wildman–Crippen MR) is 161 cm³/mol. The van der Waals surface area contributed by atoms with Crippen LogP contribution in [0.1, 0.15) is 34.2 Å². The highest BCUT2D eigenvalue weighted by atomic mass is 15.2. The van der Waals surface area contributed by atoms with Crippen molar-refractivity contribution in [2.45, 2.75) is 18.9 Å². The first-order valence-electron chi connectivity index (χ1n) is 13.5. The van der Waals surface area contributed by atoms with E-state index in [1.54, 1.807) is 0 Å². The molecule has 1 nitrogen and oxygen atoms in total. The molecule has 6 aromatic carbocycles. The van der Waals surface area contributed by atoms with E-state index in [2.05, 4.69) is 145 Å². The lowest BCUT2D eigenvalue weighted by atomic mass is 9.83. The van der Waals surface area contributed by atoms with E-state index in [-0.39, 0.29) is 6.04 Å². The lowest BCUT2D eigenvalue weighted by Crippen LogP contribution is -2.23. The minimum atomic E-state index is 0.266. The molecule has 2 aliphatic rings. The molecule has 0 saturated carbocycles. The molecule has 1 heteroatoms. The first-order chi connectivity index (χ1) is 18.8. The quantitative estimate of drug-likeness (QED) is 0.221. The first kappa shape index (κ1) is 21.5. The Morgan fingerprint density at radius 1 is 0.553 bits per heavy atom. The average molecular weight is 486 g/mol. The largest absolute Gasteiger partial charge is 0.333 e. The summed E-state index contributed by atoms with van der Waals surface area (Å²) in [7, 11) is 0. The monoisotopic (exact) mass is 485 g/mol. The number of anilines is 2. The van der Waals surface area contributed by atoms with Gasteiger partial charge in [-0.3, -0.25) is 0 Å². The number of fused-ring (bicyclic) bond motifs is 8. The van der Waals surface area contributed by atoms with Crippen molar-refractivity contribution in [3.05, 3.63) is 150 Å². The van der Waals surface area contributed by atoms with E-state index in [1.165, 1.54) is 66.3 Å². The van der Waals surface area contributed by atoms with Crippen LogP contribution in [-0.4, -0.2) is 0 Å². The van der Waals surface area contributed by atoms with Gasteiger partial charge in [0.15, 0.2) is 0 Å². The molecule has 0 radical (unpaired) electrons. The van der Waals surface area contributed by atoms with Crippen LogP contribution in [-0.2, 0) is 0 Å². The second-order valence-electron chi connectivity index (χ2n) is 10.5. The predicted octanol–water partition coefficient (Wildman–Crippen LogP) is 9.97. The molecule has 0 N–H and O–H groups in total. The Hall–Kier alpha value is -4.62. The van der Waals surface area contributed by atoms with Gasteiger partial charge in [-0.1, -0.05) is 115 Å². The Kier molecular flexibility index (Phi) is 4.63. The Morgan fingerprint density at radius 2 is 1.16 bits per heavy atom. The minimum Gasteiger partial charge on any atom is -0.333 e. The Labute approximate surface area is 223 Å². The lowest BCUT2D eigenvalue weighted by molar-refractivity contribution is 0.667. The number of para-hydroxylation sites is 1. The van der Waals surface area contributed by atoms with Gasteiger partial charge in [-0.15, -0.1) is 0 Å². The standard InChI is InChI=1S/C37H27N/c1-24-28-11-4-5-13-30(28)31-14-6-7-16-33(31)36(24)26-18-21-27(22-19-26)38-35-17-9-8-15-32(35)34-23-20-25-10-2-3-12-29(25)37(34)38/h2-23,34,37H,1H3. The molecule has 0 aromatic heterocycles. The molecular formula is C37H27N. The smallest absolute Gasteiger partial charge is 0.0701 e. The van der Waals surface area contributed by atoms with Crippen LogP contribution in [0.4, 0.5) is 11.4 Å². The molecule has 6 aromatic rings. The van der Waals surface area contributed by atoms with Crippen molar-refractivity contribution in [2.24, 2.45) is 0 Å². The molecule has 180 valence electrons. The molecule has 0 fully saturated rings. The summed E-state index contributed by atoms with van der Waals surface area (Å²) >= 11 is 0. The molecular weight excluding hydrogens is 458 g/mol. The van der Waals surface area contributed by atoms with E-state index in [0.29, 0.717) is 5.92 Å². The summed E-state index contributed by atoms with van der Waals surface area (Å²) < 4.78 is 0.